The lowest BCUT2D eigenvalue weighted by atomic mass is 9.99. The summed E-state index contributed by atoms with van der Waals surface area (Å²) in [5.74, 6) is 0. The van der Waals surface area contributed by atoms with E-state index in [2.05, 4.69) is 345 Å². The fourth-order valence-electron chi connectivity index (χ4n) is 18.9. The highest BCUT2D eigenvalue weighted by Crippen LogP contribution is 2.46. The van der Waals surface area contributed by atoms with Gasteiger partial charge < -0.3 is 27.4 Å². The van der Waals surface area contributed by atoms with Gasteiger partial charge in [0.1, 0.15) is 0 Å². The third-order valence-corrected chi connectivity index (χ3v) is 24.2. The Morgan fingerprint density at radius 3 is 1.03 bits per heavy atom. The van der Waals surface area contributed by atoms with Gasteiger partial charge in [0.25, 0.3) is 0 Å². The van der Waals surface area contributed by atoms with Gasteiger partial charge in [-0.2, -0.15) is 10.5 Å². The largest absolute Gasteiger partial charge is 0.319 e. The summed E-state index contributed by atoms with van der Waals surface area (Å²) in [5, 5.41) is 32.9. The Morgan fingerprint density at radius 1 is 0.202 bits per heavy atom. The minimum atomic E-state index is 0.592. The van der Waals surface area contributed by atoms with Crippen molar-refractivity contribution in [2.45, 2.75) is 0 Å². The maximum Gasteiger partial charge on any atom is 0.210 e. The molecule has 6 aromatic heterocycles. The van der Waals surface area contributed by atoms with Crippen LogP contribution in [0, 0.1) is 42.4 Å². The number of aromatic nitrogens is 6. The fourth-order valence-corrected chi connectivity index (χ4v) is 18.9. The van der Waals surface area contributed by atoms with E-state index in [0.717, 1.165) is 116 Å². The first-order valence-electron chi connectivity index (χ1n) is 41.0. The van der Waals surface area contributed by atoms with Gasteiger partial charge in [0.15, 0.2) is 11.4 Å². The van der Waals surface area contributed by atoms with Crippen LogP contribution in [-0.4, -0.2) is 27.4 Å². The van der Waals surface area contributed by atoms with Gasteiger partial charge in [-0.1, -0.05) is 231 Å². The van der Waals surface area contributed by atoms with E-state index in [9.17, 15) is 10.5 Å². The van der Waals surface area contributed by atoms with Gasteiger partial charge in [-0.3, -0.25) is 0 Å². The monoisotopic (exact) mass is 1580 g/mol. The van der Waals surface area contributed by atoms with Gasteiger partial charge >= 0.3 is 0 Å². The number of nitriles is 2. The van der Waals surface area contributed by atoms with E-state index >= 15 is 0 Å². The summed E-state index contributed by atoms with van der Waals surface area (Å²) in [6.07, 6.45) is 0. The van der Waals surface area contributed by atoms with Crippen LogP contribution in [0.5, 0.6) is 0 Å². The molecule has 0 unspecified atom stereocenters. The highest BCUT2D eigenvalue weighted by molar-refractivity contribution is 6.19. The Kier molecular flexibility index (Phi) is 17.6. The molecule has 0 N–H and O–H groups in total. The molecule has 0 saturated carbocycles. The quantitative estimate of drug-likeness (QED) is 0.135. The van der Waals surface area contributed by atoms with E-state index in [1.807, 2.05) is 115 Å². The van der Waals surface area contributed by atoms with Crippen molar-refractivity contribution in [3.05, 3.63) is 452 Å². The summed E-state index contributed by atoms with van der Waals surface area (Å²) in [6.45, 7) is 22.9. The van der Waals surface area contributed by atoms with Crippen molar-refractivity contribution in [2.24, 2.45) is 0 Å². The van der Waals surface area contributed by atoms with E-state index in [1.165, 1.54) is 81.8 Å². The Hall–Kier alpha value is -17.8. The van der Waals surface area contributed by atoms with Gasteiger partial charge in [-0.15, -0.1) is 0 Å². The van der Waals surface area contributed by atoms with Crippen molar-refractivity contribution in [1.82, 2.24) is 27.4 Å². The zero-order valence-electron chi connectivity index (χ0n) is 66.6. The Bertz CT molecular complexity index is 8670. The lowest BCUT2D eigenvalue weighted by molar-refractivity contribution is 1.18. The lowest BCUT2D eigenvalue weighted by Gasteiger charge is -2.12. The second-order valence-corrected chi connectivity index (χ2v) is 31.0. The number of hydrogen-bond acceptors (Lipinski definition) is 2. The maximum atomic E-state index is 9.53. The highest BCUT2D eigenvalue weighted by Gasteiger charge is 2.24. The summed E-state index contributed by atoms with van der Waals surface area (Å²) in [4.78, 5) is 11.2. The van der Waals surface area contributed by atoms with E-state index in [1.54, 1.807) is 0 Å². The molecular weight excluding hydrogens is 1510 g/mol. The Morgan fingerprint density at radius 2 is 0.532 bits per heavy atom. The van der Waals surface area contributed by atoms with Gasteiger partial charge in [0.05, 0.1) is 115 Å². The molecule has 0 spiro atoms. The van der Waals surface area contributed by atoms with Crippen LogP contribution in [0.3, 0.4) is 0 Å². The first kappa shape index (κ1) is 72.7. The van der Waals surface area contributed by atoms with Crippen molar-refractivity contribution < 1.29 is 0 Å². The number of benzene rings is 18. The average molecular weight is 1580 g/mol. The minimum absolute atomic E-state index is 0.592. The van der Waals surface area contributed by atoms with Crippen LogP contribution in [-0.2, 0) is 0 Å². The molecule has 11 nitrogen and oxygen atoms in total. The molecule has 24 rings (SSSR count). The van der Waals surface area contributed by atoms with Crippen LogP contribution in [0.2, 0.25) is 0 Å². The zero-order valence-corrected chi connectivity index (χ0v) is 66.6. The topological polar surface area (TPSA) is 90.2 Å². The number of rotatable bonds is 9. The van der Waals surface area contributed by atoms with Crippen LogP contribution in [0.25, 0.3) is 213 Å². The standard InChI is InChI=1S/C39H21N5.2C37H23N3/c1-42-29-13-18-39-35(22-29)34-21-28(12-17-38(34)43(39)30-14-9-25(23-40)10-15-30)27-5-4-6-31(20-27)44-36-8-3-2-7-32(36)33-19-26(24-41)11-16-37(33)44;1-38-31-18-5-9-22-35(31)40-34-21-8-4-16-30(34)37-27(17-11-23-36(37)40)25-12-10-13-26(24-25)39-32-19-6-2-14-28(32)29-15-3-7-20-33(29)39;1-38-26-12-9-14-28(24-26)40-35-21-7-4-17-32(35)37-29(18-10-22-36(37)40)25-11-8-13-27(23-25)39-33-19-5-2-15-30(33)31-16-3-6-20-34(31)39/h2-22H;2*2-24H. The predicted molar refractivity (Wildman–Crippen MR) is 510 cm³/mol. The number of fused-ring (bicyclic) bond motifs is 18. The van der Waals surface area contributed by atoms with Crippen molar-refractivity contribution in [3.8, 4) is 79.6 Å². The zero-order chi connectivity index (χ0) is 83.0. The molecule has 6 heterocycles. The molecular formula is C113H67N11. The molecule has 124 heavy (non-hydrogen) atoms. The molecule has 0 bridgehead atoms. The summed E-state index contributed by atoms with van der Waals surface area (Å²) >= 11 is 0. The molecule has 24 aromatic rings. The van der Waals surface area contributed by atoms with Crippen molar-refractivity contribution in [3.63, 3.8) is 0 Å². The third kappa shape index (κ3) is 11.9. The van der Waals surface area contributed by atoms with Crippen molar-refractivity contribution in [2.75, 3.05) is 0 Å². The van der Waals surface area contributed by atoms with Gasteiger partial charge in [0.2, 0.25) is 5.69 Å². The van der Waals surface area contributed by atoms with Crippen molar-refractivity contribution >= 4 is 148 Å². The van der Waals surface area contributed by atoms with E-state index in [-0.39, 0.29) is 0 Å². The van der Waals surface area contributed by atoms with Gasteiger partial charge in [-0.05, 0) is 215 Å². The molecule has 0 aliphatic heterocycles. The normalized spacial score (nSPS) is 11.3. The SMILES string of the molecule is [C-]#[N+]c1ccc2c(c1)c1cc(-c3cccc(-n4c5ccccc5c5cc(C#N)ccc54)c3)ccc1n2-c1ccc(C#N)cc1.[C-]#[N+]c1cccc(-n2c3ccccc3c3c(-c4cccc(-n5c6ccccc6c6ccccc65)c4)cccc32)c1.[C-]#[N+]c1ccccc1-n1c2ccccc2c2c(-c3cccc(-n4c5ccccc5c5ccccc54)c3)cccc21. The first-order chi connectivity index (χ1) is 61.3. The molecule has 18 aromatic carbocycles. The molecule has 574 valence electrons. The second kappa shape index (κ2) is 30.0. The van der Waals surface area contributed by atoms with Crippen LogP contribution < -0.4 is 0 Å². The van der Waals surface area contributed by atoms with Crippen LogP contribution in [0.15, 0.2) is 406 Å². The van der Waals surface area contributed by atoms with Gasteiger partial charge in [0, 0.05) is 87.7 Å². The molecule has 0 saturated heterocycles. The molecule has 0 amide bonds. The average Bonchev–Trinajstić information content (AvgIpc) is 1.58. The van der Waals surface area contributed by atoms with Crippen molar-refractivity contribution in [1.29, 1.82) is 10.5 Å². The van der Waals surface area contributed by atoms with Crippen LogP contribution in [0.1, 0.15) is 11.1 Å². The summed E-state index contributed by atoms with van der Waals surface area (Å²) in [7, 11) is 0. The Labute approximate surface area is 712 Å². The molecule has 0 aliphatic carbocycles. The minimum Gasteiger partial charge on any atom is -0.319 e. The lowest BCUT2D eigenvalue weighted by Crippen LogP contribution is -1.95. The fraction of sp³-hybridized carbons (Fsp3) is 0. The molecule has 0 radical (unpaired) electrons. The maximum absolute atomic E-state index is 9.53. The third-order valence-electron chi connectivity index (χ3n) is 24.2. The van der Waals surface area contributed by atoms with E-state index < -0.39 is 0 Å². The molecule has 0 aliphatic rings. The smallest absolute Gasteiger partial charge is 0.210 e. The van der Waals surface area contributed by atoms with Crippen LogP contribution >= 0.6 is 0 Å². The van der Waals surface area contributed by atoms with E-state index in [0.29, 0.717) is 28.2 Å². The van der Waals surface area contributed by atoms with E-state index in [4.69, 9.17) is 19.7 Å². The predicted octanol–water partition coefficient (Wildman–Crippen LogP) is 30.0. The summed E-state index contributed by atoms with van der Waals surface area (Å²) in [6, 6.07) is 145. The van der Waals surface area contributed by atoms with Crippen LogP contribution in [0.4, 0.5) is 17.1 Å². The summed E-state index contributed by atoms with van der Waals surface area (Å²) < 4.78 is 13.7. The number of nitrogens with zero attached hydrogens (tertiary/aromatic N) is 11. The second-order valence-electron chi connectivity index (χ2n) is 31.0. The summed E-state index contributed by atoms with van der Waals surface area (Å²) in [5.41, 5.74) is 29.6. The molecule has 0 atom stereocenters. The Balaban J connectivity index is 0.000000111. The number of para-hydroxylation sites is 9. The molecule has 11 heteroatoms. The highest BCUT2D eigenvalue weighted by atomic mass is 15.0. The number of hydrogen-bond donors (Lipinski definition) is 0. The molecule has 0 fully saturated rings. The first-order valence-corrected chi connectivity index (χ1v) is 41.0. The van der Waals surface area contributed by atoms with Gasteiger partial charge in [-0.25, -0.2) is 14.5 Å².